The van der Waals surface area contributed by atoms with Gasteiger partial charge in [0.15, 0.2) is 5.82 Å². The number of anilines is 1. The van der Waals surface area contributed by atoms with Gasteiger partial charge in [-0.15, -0.1) is 0 Å². The van der Waals surface area contributed by atoms with Crippen molar-refractivity contribution in [1.82, 2.24) is 4.98 Å². The molecule has 1 heterocycles. The molecule has 1 rings (SSSR count). The van der Waals surface area contributed by atoms with Gasteiger partial charge in [-0.2, -0.15) is 0 Å². The largest absolute Gasteiger partial charge is 0.380 e. The normalized spacial score (nSPS) is 9.44. The summed E-state index contributed by atoms with van der Waals surface area (Å²) in [5.74, 6) is 0.0972. The first-order valence-electron chi connectivity index (χ1n) is 2.42. The van der Waals surface area contributed by atoms with E-state index < -0.39 is 0 Å². The third-order valence-corrected chi connectivity index (χ3v) is 1.72. The van der Waals surface area contributed by atoms with Gasteiger partial charge in [-0.3, -0.25) is 4.79 Å². The minimum Gasteiger partial charge on any atom is -0.380 e. The highest BCUT2D eigenvalue weighted by Crippen LogP contribution is 1.95. The number of nitrogens with zero attached hydrogens (tertiary/aromatic N) is 1. The maximum Gasteiger partial charge on any atom is 0.274 e. The predicted molar refractivity (Wildman–Crippen MR) is 37.5 cm³/mol. The molecule has 0 unspecified atom stereocenters. The third kappa shape index (κ3) is 1.26. The Hall–Kier alpha value is -0.900. The van der Waals surface area contributed by atoms with E-state index in [1.807, 2.05) is 0 Å². The average molecular weight is 142 g/mol. The minimum atomic E-state index is -0.166. The highest BCUT2D eigenvalue weighted by Gasteiger charge is 1.92. The van der Waals surface area contributed by atoms with E-state index in [9.17, 15) is 4.79 Å². The lowest BCUT2D eigenvalue weighted by Gasteiger charge is -1.88. The maximum atomic E-state index is 10.6. The fourth-order valence-electron chi connectivity index (χ4n) is 0.461. The summed E-state index contributed by atoms with van der Waals surface area (Å²) in [6, 6.07) is 0. The van der Waals surface area contributed by atoms with Crippen LogP contribution in [0.15, 0.2) is 10.2 Å². The van der Waals surface area contributed by atoms with Crippen molar-refractivity contribution in [3.05, 3.63) is 20.6 Å². The fraction of sp³-hybridized carbons (Fsp3) is 0.200. The summed E-state index contributed by atoms with van der Waals surface area (Å²) in [5.41, 5.74) is 6.00. The van der Waals surface area contributed by atoms with E-state index in [2.05, 4.69) is 4.98 Å². The van der Waals surface area contributed by atoms with Gasteiger partial charge in [-0.25, -0.2) is 4.98 Å². The maximum absolute atomic E-state index is 10.6. The number of hydrogen-bond acceptors (Lipinski definition) is 4. The van der Waals surface area contributed by atoms with E-state index in [-0.39, 0.29) is 10.6 Å². The van der Waals surface area contributed by atoms with Crippen LogP contribution in [0.3, 0.4) is 0 Å². The zero-order valence-corrected chi connectivity index (χ0v) is 5.73. The molecule has 4 heteroatoms. The van der Waals surface area contributed by atoms with Crippen molar-refractivity contribution in [1.29, 1.82) is 0 Å². The Morgan fingerprint density at radius 3 is 2.89 bits per heavy atom. The molecule has 0 aliphatic heterocycles. The minimum absolute atomic E-state index is 0.0972. The molecule has 0 saturated heterocycles. The Kier molecular flexibility index (Phi) is 1.48. The van der Waals surface area contributed by atoms with Crippen LogP contribution in [0.4, 0.5) is 5.82 Å². The van der Waals surface area contributed by atoms with Crippen molar-refractivity contribution in [2.24, 2.45) is 0 Å². The van der Waals surface area contributed by atoms with Gasteiger partial charge in [-0.1, -0.05) is 11.3 Å². The summed E-state index contributed by atoms with van der Waals surface area (Å²) >= 11 is 1.08. The average Bonchev–Trinajstić information content (AvgIpc) is 1.80. The SMILES string of the molecule is Cc1csc(=O)c(N)n1. The quantitative estimate of drug-likeness (QED) is 0.570. The molecule has 0 spiro atoms. The Bertz CT molecular complexity index is 268. The monoisotopic (exact) mass is 142 g/mol. The van der Waals surface area contributed by atoms with Gasteiger partial charge in [0, 0.05) is 11.1 Å². The predicted octanol–water partition coefficient (Wildman–Crippen LogP) is 0.394. The van der Waals surface area contributed by atoms with Crippen LogP contribution in [0.2, 0.25) is 0 Å². The summed E-state index contributed by atoms with van der Waals surface area (Å²) in [6.45, 7) is 1.80. The molecule has 1 aromatic rings. The van der Waals surface area contributed by atoms with Gasteiger partial charge in [0.05, 0.1) is 0 Å². The van der Waals surface area contributed by atoms with Crippen LogP contribution >= 0.6 is 11.3 Å². The van der Waals surface area contributed by atoms with Crippen LogP contribution < -0.4 is 10.5 Å². The summed E-state index contributed by atoms with van der Waals surface area (Å²) in [6.07, 6.45) is 0. The molecule has 9 heavy (non-hydrogen) atoms. The van der Waals surface area contributed by atoms with Crippen molar-refractivity contribution in [3.63, 3.8) is 0 Å². The Morgan fingerprint density at radius 2 is 2.44 bits per heavy atom. The molecule has 0 radical (unpaired) electrons. The molecule has 0 aromatic carbocycles. The van der Waals surface area contributed by atoms with E-state index in [1.54, 1.807) is 12.3 Å². The van der Waals surface area contributed by atoms with Crippen LogP contribution in [0.1, 0.15) is 5.69 Å². The van der Waals surface area contributed by atoms with Crippen LogP contribution in [0, 0.1) is 6.92 Å². The standard InChI is InChI=1S/C5H6N2OS/c1-3-2-9-5(8)4(6)7-3/h2H,1H3,(H2,6,7). The van der Waals surface area contributed by atoms with E-state index >= 15 is 0 Å². The van der Waals surface area contributed by atoms with E-state index in [0.717, 1.165) is 17.0 Å². The number of aromatic nitrogens is 1. The fourth-order valence-corrected chi connectivity index (χ4v) is 0.958. The lowest BCUT2D eigenvalue weighted by Crippen LogP contribution is -2.05. The molecule has 0 saturated carbocycles. The molecular formula is C5H6N2OS. The Balaban J connectivity index is 3.34. The number of rotatable bonds is 0. The molecule has 1 aromatic heterocycles. The molecule has 0 atom stereocenters. The third-order valence-electron chi connectivity index (χ3n) is 0.842. The summed E-state index contributed by atoms with van der Waals surface area (Å²) < 4.78 is -0.166. The number of aryl methyl sites for hydroxylation is 1. The van der Waals surface area contributed by atoms with Gasteiger partial charge < -0.3 is 5.73 Å². The number of nitrogens with two attached hydrogens (primary N) is 1. The second-order valence-electron chi connectivity index (χ2n) is 1.66. The molecule has 0 bridgehead atoms. The zero-order chi connectivity index (χ0) is 6.85. The molecule has 3 nitrogen and oxygen atoms in total. The zero-order valence-electron chi connectivity index (χ0n) is 4.92. The first kappa shape index (κ1) is 6.22. The summed E-state index contributed by atoms with van der Waals surface area (Å²) in [5, 5.41) is 1.68. The molecule has 0 amide bonds. The van der Waals surface area contributed by atoms with Crippen molar-refractivity contribution >= 4 is 17.2 Å². The van der Waals surface area contributed by atoms with E-state index in [4.69, 9.17) is 5.73 Å². The number of hydrogen-bond donors (Lipinski definition) is 1. The van der Waals surface area contributed by atoms with Crippen molar-refractivity contribution in [2.45, 2.75) is 6.92 Å². The van der Waals surface area contributed by atoms with Crippen molar-refractivity contribution in [2.75, 3.05) is 5.73 Å². The molecule has 48 valence electrons. The summed E-state index contributed by atoms with van der Waals surface area (Å²) in [4.78, 5) is 14.4. The summed E-state index contributed by atoms with van der Waals surface area (Å²) in [7, 11) is 0. The van der Waals surface area contributed by atoms with E-state index in [1.165, 1.54) is 0 Å². The Labute approximate surface area is 56.2 Å². The van der Waals surface area contributed by atoms with Gasteiger partial charge in [-0.05, 0) is 6.92 Å². The highest BCUT2D eigenvalue weighted by molar-refractivity contribution is 7.07. The Morgan fingerprint density at radius 1 is 1.78 bits per heavy atom. The van der Waals surface area contributed by atoms with Gasteiger partial charge in [0.1, 0.15) is 0 Å². The second kappa shape index (κ2) is 2.14. The smallest absolute Gasteiger partial charge is 0.274 e. The molecule has 0 fully saturated rings. The first-order chi connectivity index (χ1) is 4.20. The molecule has 0 aliphatic carbocycles. The van der Waals surface area contributed by atoms with Gasteiger partial charge in [0.25, 0.3) is 4.74 Å². The van der Waals surface area contributed by atoms with Crippen molar-refractivity contribution in [3.8, 4) is 0 Å². The highest BCUT2D eigenvalue weighted by atomic mass is 32.1. The lowest BCUT2D eigenvalue weighted by molar-refractivity contribution is 1.23. The van der Waals surface area contributed by atoms with Crippen LogP contribution in [-0.4, -0.2) is 4.98 Å². The van der Waals surface area contributed by atoms with Gasteiger partial charge >= 0.3 is 0 Å². The second-order valence-corrected chi connectivity index (χ2v) is 2.50. The lowest BCUT2D eigenvalue weighted by atomic mass is 10.6. The van der Waals surface area contributed by atoms with E-state index in [0.29, 0.717) is 0 Å². The molecular weight excluding hydrogens is 136 g/mol. The topological polar surface area (TPSA) is 56.0 Å². The van der Waals surface area contributed by atoms with Crippen LogP contribution in [0.25, 0.3) is 0 Å². The molecule has 0 aliphatic rings. The van der Waals surface area contributed by atoms with Gasteiger partial charge in [0.2, 0.25) is 0 Å². The van der Waals surface area contributed by atoms with Crippen LogP contribution in [-0.2, 0) is 0 Å². The molecule has 2 N–H and O–H groups in total. The van der Waals surface area contributed by atoms with Crippen LogP contribution in [0.5, 0.6) is 0 Å². The van der Waals surface area contributed by atoms with Crippen molar-refractivity contribution < 1.29 is 0 Å². The number of nitrogen functional groups attached to an aromatic ring is 1. The first-order valence-corrected chi connectivity index (χ1v) is 3.30.